The molecule has 0 saturated heterocycles. The number of nitrogens with zero attached hydrogens (tertiary/aromatic N) is 2. The molecule has 1 N–H and O–H groups in total. The molecule has 4 aromatic heterocycles. The van der Waals surface area contributed by atoms with Gasteiger partial charge in [0.05, 0.1) is 15.8 Å². The van der Waals surface area contributed by atoms with Gasteiger partial charge in [0.25, 0.3) is 5.56 Å². The summed E-state index contributed by atoms with van der Waals surface area (Å²) in [6.45, 7) is 1.76. The van der Waals surface area contributed by atoms with Crippen molar-refractivity contribution < 1.29 is 9.53 Å². The van der Waals surface area contributed by atoms with Gasteiger partial charge in [-0.3, -0.25) is 9.20 Å². The molecular formula is C23H17N3O3S. The molecule has 0 aliphatic rings. The maximum absolute atomic E-state index is 13.3. The number of aromatic nitrogens is 3. The zero-order valence-corrected chi connectivity index (χ0v) is 16.8. The van der Waals surface area contributed by atoms with Crippen molar-refractivity contribution in [1.29, 1.82) is 0 Å². The van der Waals surface area contributed by atoms with Gasteiger partial charge >= 0.3 is 5.97 Å². The van der Waals surface area contributed by atoms with Crippen molar-refractivity contribution in [2.45, 2.75) is 13.0 Å². The molecule has 0 aliphatic heterocycles. The van der Waals surface area contributed by atoms with Crippen molar-refractivity contribution in [2.75, 3.05) is 0 Å². The number of ether oxygens (including phenoxy) is 1. The highest BCUT2D eigenvalue weighted by Crippen LogP contribution is 2.30. The Morgan fingerprint density at radius 2 is 2.03 bits per heavy atom. The highest BCUT2D eigenvalue weighted by atomic mass is 32.1. The van der Waals surface area contributed by atoms with Crippen LogP contribution in [0.1, 0.15) is 29.2 Å². The van der Waals surface area contributed by atoms with E-state index in [1.54, 1.807) is 31.6 Å². The Bertz CT molecular complexity index is 1420. The molecule has 5 aromatic rings. The first kappa shape index (κ1) is 18.3. The van der Waals surface area contributed by atoms with Crippen LogP contribution in [0.25, 0.3) is 26.7 Å². The number of thiophene rings is 1. The number of rotatable bonds is 4. The molecule has 0 saturated carbocycles. The van der Waals surface area contributed by atoms with Crippen LogP contribution >= 0.6 is 11.3 Å². The van der Waals surface area contributed by atoms with Crippen molar-refractivity contribution in [2.24, 2.45) is 0 Å². The first-order chi connectivity index (χ1) is 14.6. The largest absolute Gasteiger partial charge is 0.451 e. The molecule has 0 amide bonds. The summed E-state index contributed by atoms with van der Waals surface area (Å²) in [5.74, 6) is 0.0554. The Morgan fingerprint density at radius 1 is 1.20 bits per heavy atom. The van der Waals surface area contributed by atoms with Gasteiger partial charge in [-0.25, -0.2) is 9.78 Å². The fraction of sp³-hybridized carbons (Fsp3) is 0.0870. The van der Waals surface area contributed by atoms with Gasteiger partial charge < -0.3 is 9.72 Å². The van der Waals surface area contributed by atoms with E-state index in [4.69, 9.17) is 4.74 Å². The third-order valence-electron chi connectivity index (χ3n) is 5.04. The second kappa shape index (κ2) is 7.27. The van der Waals surface area contributed by atoms with Gasteiger partial charge in [-0.15, -0.1) is 11.3 Å². The van der Waals surface area contributed by atoms with Crippen molar-refractivity contribution in [3.05, 3.63) is 94.2 Å². The van der Waals surface area contributed by atoms with E-state index in [-0.39, 0.29) is 5.56 Å². The summed E-state index contributed by atoms with van der Waals surface area (Å²) >= 11 is 1.49. The summed E-state index contributed by atoms with van der Waals surface area (Å²) in [6.07, 6.45) is 4.45. The third-order valence-corrected chi connectivity index (χ3v) is 5.98. The number of aromatic amines is 1. The fourth-order valence-electron chi connectivity index (χ4n) is 3.57. The highest BCUT2D eigenvalue weighted by Gasteiger charge is 2.22. The van der Waals surface area contributed by atoms with Crippen molar-refractivity contribution in [3.63, 3.8) is 0 Å². The van der Waals surface area contributed by atoms with Crippen LogP contribution in [0, 0.1) is 0 Å². The van der Waals surface area contributed by atoms with Gasteiger partial charge in [-0.05, 0) is 41.5 Å². The van der Waals surface area contributed by atoms with Gasteiger partial charge in [-0.1, -0.05) is 30.3 Å². The molecule has 1 aromatic carbocycles. The van der Waals surface area contributed by atoms with E-state index >= 15 is 0 Å². The lowest BCUT2D eigenvalue weighted by atomic mass is 10.0. The minimum atomic E-state index is -0.554. The maximum atomic E-state index is 13.3. The van der Waals surface area contributed by atoms with Crippen LogP contribution in [0.4, 0.5) is 0 Å². The lowest BCUT2D eigenvalue weighted by Crippen LogP contribution is -2.20. The average Bonchev–Trinajstić information content (AvgIpc) is 3.46. The molecule has 7 heteroatoms. The smallest absolute Gasteiger partial charge is 0.341 e. The molecule has 0 aliphatic carbocycles. The summed E-state index contributed by atoms with van der Waals surface area (Å²) in [7, 11) is 0. The minimum absolute atomic E-state index is 0.179. The standard InChI is InChI=1S/C23H17N3O3S/c1-14(21-24-9-10-25-21)29-23(28)18-13-17(15-5-3-2-4-6-15)22(27)26-11-7-16-8-12-30-20(16)19(18)26/h2-14H,1H3,(H,24,25). The van der Waals surface area contributed by atoms with Crippen LogP contribution in [0.5, 0.6) is 0 Å². The number of carbonyl (C=O) groups is 1. The van der Waals surface area contributed by atoms with E-state index in [1.165, 1.54) is 15.7 Å². The number of imidazole rings is 1. The van der Waals surface area contributed by atoms with Gasteiger partial charge in [0.2, 0.25) is 0 Å². The second-order valence-electron chi connectivity index (χ2n) is 6.90. The van der Waals surface area contributed by atoms with E-state index in [0.29, 0.717) is 22.5 Å². The summed E-state index contributed by atoms with van der Waals surface area (Å²) < 4.78 is 8.11. The Hall–Kier alpha value is -3.71. The molecule has 0 spiro atoms. The van der Waals surface area contributed by atoms with E-state index in [9.17, 15) is 9.59 Å². The van der Waals surface area contributed by atoms with Crippen molar-refractivity contribution in [1.82, 2.24) is 14.4 Å². The van der Waals surface area contributed by atoms with Crippen LogP contribution in [-0.2, 0) is 4.74 Å². The van der Waals surface area contributed by atoms with E-state index in [0.717, 1.165) is 15.6 Å². The molecule has 1 atom stereocenters. The van der Waals surface area contributed by atoms with Gasteiger partial charge in [0.1, 0.15) is 5.82 Å². The third kappa shape index (κ3) is 3.00. The molecule has 4 heterocycles. The predicted molar refractivity (Wildman–Crippen MR) is 117 cm³/mol. The summed E-state index contributed by atoms with van der Waals surface area (Å²) in [5.41, 5.74) is 1.92. The molecule has 6 nitrogen and oxygen atoms in total. The number of hydrogen-bond donors (Lipinski definition) is 1. The first-order valence-corrected chi connectivity index (χ1v) is 10.3. The fourth-order valence-corrected chi connectivity index (χ4v) is 4.51. The topological polar surface area (TPSA) is 76.5 Å². The molecule has 148 valence electrons. The summed E-state index contributed by atoms with van der Waals surface area (Å²) in [4.78, 5) is 33.7. The van der Waals surface area contributed by atoms with Gasteiger partial charge in [0.15, 0.2) is 6.10 Å². The molecule has 1 unspecified atom stereocenters. The number of esters is 1. The van der Waals surface area contributed by atoms with Crippen LogP contribution in [0.15, 0.2) is 77.3 Å². The lowest BCUT2D eigenvalue weighted by Gasteiger charge is -2.15. The van der Waals surface area contributed by atoms with E-state index < -0.39 is 12.1 Å². The number of hydrogen-bond acceptors (Lipinski definition) is 5. The van der Waals surface area contributed by atoms with Gasteiger partial charge in [0, 0.05) is 24.2 Å². The number of benzene rings is 1. The molecule has 30 heavy (non-hydrogen) atoms. The second-order valence-corrected chi connectivity index (χ2v) is 7.82. The number of H-pyrrole nitrogens is 1. The van der Waals surface area contributed by atoms with Crippen molar-refractivity contribution in [3.8, 4) is 11.1 Å². The molecule has 0 fully saturated rings. The molecule has 5 rings (SSSR count). The number of nitrogens with one attached hydrogen (secondary N) is 1. The zero-order chi connectivity index (χ0) is 20.7. The Labute approximate surface area is 175 Å². The molecule has 0 radical (unpaired) electrons. The minimum Gasteiger partial charge on any atom is -0.451 e. The maximum Gasteiger partial charge on any atom is 0.341 e. The van der Waals surface area contributed by atoms with E-state index in [1.807, 2.05) is 47.8 Å². The monoisotopic (exact) mass is 415 g/mol. The van der Waals surface area contributed by atoms with Crippen LogP contribution in [-0.4, -0.2) is 20.3 Å². The quantitative estimate of drug-likeness (QED) is 0.427. The number of carbonyl (C=O) groups excluding carboxylic acids is 1. The Kier molecular flexibility index (Phi) is 4.44. The molecule has 0 bridgehead atoms. The Morgan fingerprint density at radius 3 is 2.80 bits per heavy atom. The van der Waals surface area contributed by atoms with Gasteiger partial charge in [-0.2, -0.15) is 0 Å². The van der Waals surface area contributed by atoms with Crippen LogP contribution in [0.3, 0.4) is 0 Å². The number of fused-ring (bicyclic) bond motifs is 3. The first-order valence-electron chi connectivity index (χ1n) is 9.45. The summed E-state index contributed by atoms with van der Waals surface area (Å²) in [5, 5.41) is 2.92. The molecular weight excluding hydrogens is 398 g/mol. The normalized spacial score (nSPS) is 12.3. The Balaban J connectivity index is 1.74. The average molecular weight is 415 g/mol. The lowest BCUT2D eigenvalue weighted by molar-refractivity contribution is 0.0323. The van der Waals surface area contributed by atoms with Crippen LogP contribution in [0.2, 0.25) is 0 Å². The SMILES string of the molecule is CC(OC(=O)c1cc(-c2ccccc2)c(=O)n2ccc3ccsc3c12)c1ncc[nH]1. The van der Waals surface area contributed by atoms with E-state index in [2.05, 4.69) is 9.97 Å². The van der Waals surface area contributed by atoms with Crippen molar-refractivity contribution >= 4 is 32.9 Å². The zero-order valence-electron chi connectivity index (χ0n) is 16.0. The number of pyridine rings is 2. The van der Waals surface area contributed by atoms with Crippen LogP contribution < -0.4 is 5.56 Å². The highest BCUT2D eigenvalue weighted by molar-refractivity contribution is 7.18. The predicted octanol–water partition coefficient (Wildman–Crippen LogP) is 4.82. The summed E-state index contributed by atoms with van der Waals surface area (Å²) in [6, 6.07) is 14.8.